The molecule has 134 valence electrons. The van der Waals surface area contributed by atoms with Gasteiger partial charge in [0.15, 0.2) is 5.52 Å². The summed E-state index contributed by atoms with van der Waals surface area (Å²) < 4.78 is 3.54. The number of aryl methyl sites for hydroxylation is 1. The van der Waals surface area contributed by atoms with Crippen LogP contribution in [0.15, 0.2) is 40.2 Å². The second kappa shape index (κ2) is 6.31. The van der Waals surface area contributed by atoms with E-state index in [0.29, 0.717) is 0 Å². The van der Waals surface area contributed by atoms with E-state index >= 15 is 0 Å². The second-order valence-corrected chi connectivity index (χ2v) is 5.67. The smallest absolute Gasteiger partial charge is 0.332 e. The van der Waals surface area contributed by atoms with Gasteiger partial charge >= 0.3 is 5.69 Å². The Morgan fingerprint density at radius 1 is 1.19 bits per heavy atom. The van der Waals surface area contributed by atoms with Gasteiger partial charge in [0.1, 0.15) is 12.2 Å². The van der Waals surface area contributed by atoms with Crippen molar-refractivity contribution in [2.24, 2.45) is 14.1 Å². The lowest BCUT2D eigenvalue weighted by molar-refractivity contribution is -0.255. The molecule has 0 aliphatic rings. The van der Waals surface area contributed by atoms with Crippen molar-refractivity contribution in [1.82, 2.24) is 18.7 Å². The van der Waals surface area contributed by atoms with E-state index in [0.717, 1.165) is 4.57 Å². The third-order valence-electron chi connectivity index (χ3n) is 3.90. The number of nitrogens with one attached hydrogen (secondary N) is 1. The minimum Gasteiger partial charge on any atom is -0.545 e. The Hall–Kier alpha value is -3.69. The fourth-order valence-corrected chi connectivity index (χ4v) is 2.63. The van der Waals surface area contributed by atoms with Gasteiger partial charge in [0.2, 0.25) is 5.91 Å². The van der Waals surface area contributed by atoms with Crippen LogP contribution in [0.5, 0.6) is 0 Å². The summed E-state index contributed by atoms with van der Waals surface area (Å²) in [5, 5.41) is 13.4. The number of fused-ring (bicyclic) bond motifs is 1. The monoisotopic (exact) mass is 356 g/mol. The summed E-state index contributed by atoms with van der Waals surface area (Å²) >= 11 is 0. The molecule has 0 bridgehead atoms. The number of carbonyl (C=O) groups is 2. The summed E-state index contributed by atoms with van der Waals surface area (Å²) in [6.07, 6.45) is 1.29. The summed E-state index contributed by atoms with van der Waals surface area (Å²) in [6, 6.07) is 5.62. The summed E-state index contributed by atoms with van der Waals surface area (Å²) in [6.45, 7) is -0.216. The van der Waals surface area contributed by atoms with Crippen LogP contribution in [0.1, 0.15) is 10.4 Å². The molecule has 3 rings (SSSR count). The molecular formula is C16H14N5O5-. The molecule has 0 aliphatic heterocycles. The number of carbonyl (C=O) groups excluding carboxylic acids is 2. The third-order valence-corrected chi connectivity index (χ3v) is 3.90. The number of benzene rings is 1. The summed E-state index contributed by atoms with van der Waals surface area (Å²) in [4.78, 5) is 51.3. The zero-order valence-corrected chi connectivity index (χ0v) is 13.9. The molecular weight excluding hydrogens is 342 g/mol. The van der Waals surface area contributed by atoms with Crippen LogP contribution in [0.2, 0.25) is 0 Å². The quantitative estimate of drug-likeness (QED) is 0.601. The number of amides is 1. The molecule has 0 atom stereocenters. The van der Waals surface area contributed by atoms with Crippen molar-refractivity contribution in [1.29, 1.82) is 0 Å². The highest BCUT2D eigenvalue weighted by Crippen LogP contribution is 2.11. The van der Waals surface area contributed by atoms with Gasteiger partial charge in [0.05, 0.1) is 12.3 Å². The van der Waals surface area contributed by atoms with Gasteiger partial charge in [-0.05, 0) is 17.7 Å². The van der Waals surface area contributed by atoms with Gasteiger partial charge in [-0.3, -0.25) is 18.7 Å². The highest BCUT2D eigenvalue weighted by atomic mass is 16.4. The Kier molecular flexibility index (Phi) is 4.16. The fraction of sp³-hybridized carbons (Fsp3) is 0.188. The zero-order valence-electron chi connectivity index (χ0n) is 13.9. The Morgan fingerprint density at radius 3 is 2.62 bits per heavy atom. The lowest BCUT2D eigenvalue weighted by atomic mass is 10.2. The second-order valence-electron chi connectivity index (χ2n) is 5.67. The van der Waals surface area contributed by atoms with Crippen LogP contribution in [-0.4, -0.2) is 30.6 Å². The maximum absolute atomic E-state index is 12.3. The topological polar surface area (TPSA) is 131 Å². The standard InChI is InChI=1S/C16H15N5O5/c1-19-13-12(14(23)20(2)16(19)26)17-8-21(13)7-11(22)18-10-5-3-4-9(6-10)15(24)25/h3-6,8H,7H2,1-2H3,(H,18,22)(H,24,25)/p-1. The van der Waals surface area contributed by atoms with Gasteiger partial charge in [0, 0.05) is 19.8 Å². The zero-order chi connectivity index (χ0) is 19.0. The van der Waals surface area contributed by atoms with Crippen molar-refractivity contribution < 1.29 is 14.7 Å². The van der Waals surface area contributed by atoms with E-state index in [4.69, 9.17) is 0 Å². The third kappa shape index (κ3) is 2.88. The van der Waals surface area contributed by atoms with E-state index in [-0.39, 0.29) is 29.0 Å². The molecule has 1 amide bonds. The van der Waals surface area contributed by atoms with E-state index in [9.17, 15) is 24.3 Å². The molecule has 1 N–H and O–H groups in total. The van der Waals surface area contributed by atoms with Gasteiger partial charge in [-0.25, -0.2) is 9.78 Å². The molecule has 0 radical (unpaired) electrons. The van der Waals surface area contributed by atoms with Gasteiger partial charge < -0.3 is 19.8 Å². The predicted octanol–water partition coefficient (Wildman–Crippen LogP) is -1.56. The Balaban J connectivity index is 1.91. The first-order valence-corrected chi connectivity index (χ1v) is 7.51. The Labute approximate surface area is 145 Å². The largest absolute Gasteiger partial charge is 0.545 e. The molecule has 0 aliphatic carbocycles. The average molecular weight is 356 g/mol. The van der Waals surface area contributed by atoms with Crippen molar-refractivity contribution >= 4 is 28.7 Å². The SMILES string of the molecule is Cn1c(=O)c2ncn(CC(=O)Nc3cccc(C(=O)[O-])c3)c2n(C)c1=O. The molecule has 0 saturated carbocycles. The van der Waals surface area contributed by atoms with Crippen molar-refractivity contribution in [3.63, 3.8) is 0 Å². The van der Waals surface area contributed by atoms with Gasteiger partial charge in [0.25, 0.3) is 5.56 Å². The number of hydrogen-bond donors (Lipinski definition) is 1. The Morgan fingerprint density at radius 2 is 1.92 bits per heavy atom. The van der Waals surface area contributed by atoms with Crippen LogP contribution in [-0.2, 0) is 25.4 Å². The molecule has 26 heavy (non-hydrogen) atoms. The number of carboxylic acids is 1. The molecule has 2 aromatic heterocycles. The molecule has 2 heterocycles. The average Bonchev–Trinajstić information content (AvgIpc) is 3.01. The number of hydrogen-bond acceptors (Lipinski definition) is 6. The molecule has 0 spiro atoms. The predicted molar refractivity (Wildman–Crippen MR) is 89.6 cm³/mol. The molecule has 0 fully saturated rings. The fourth-order valence-electron chi connectivity index (χ4n) is 2.63. The van der Waals surface area contributed by atoms with E-state index in [2.05, 4.69) is 10.3 Å². The van der Waals surface area contributed by atoms with E-state index in [1.54, 1.807) is 0 Å². The molecule has 10 nitrogen and oxygen atoms in total. The number of imidazole rings is 1. The highest BCUT2D eigenvalue weighted by Gasteiger charge is 2.15. The van der Waals surface area contributed by atoms with Crippen LogP contribution in [0.25, 0.3) is 11.2 Å². The number of anilines is 1. The number of carboxylic acid groups (broad SMARTS) is 1. The van der Waals surface area contributed by atoms with Gasteiger partial charge in [-0.2, -0.15) is 0 Å². The molecule has 10 heteroatoms. The van der Waals surface area contributed by atoms with E-state index < -0.39 is 23.1 Å². The summed E-state index contributed by atoms with van der Waals surface area (Å²) in [5.74, 6) is -1.83. The Bertz CT molecular complexity index is 1150. The lowest BCUT2D eigenvalue weighted by Crippen LogP contribution is -2.37. The van der Waals surface area contributed by atoms with Crippen LogP contribution in [0, 0.1) is 0 Å². The molecule has 0 unspecified atom stereocenters. The molecule has 1 aromatic carbocycles. The number of nitrogens with zero attached hydrogens (tertiary/aromatic N) is 4. The van der Waals surface area contributed by atoms with Crippen LogP contribution in [0.4, 0.5) is 5.69 Å². The van der Waals surface area contributed by atoms with E-state index in [1.807, 2.05) is 0 Å². The minimum absolute atomic E-state index is 0.0678. The van der Waals surface area contributed by atoms with Gasteiger partial charge in [-0.1, -0.05) is 12.1 Å². The van der Waals surface area contributed by atoms with Crippen molar-refractivity contribution in [3.8, 4) is 0 Å². The molecule has 3 aromatic rings. The number of aromatic carboxylic acids is 1. The maximum Gasteiger partial charge on any atom is 0.332 e. The van der Waals surface area contributed by atoms with Crippen molar-refractivity contribution in [2.45, 2.75) is 6.54 Å². The summed E-state index contributed by atoms with van der Waals surface area (Å²) in [7, 11) is 2.82. The van der Waals surface area contributed by atoms with E-state index in [1.165, 1.54) is 53.8 Å². The lowest BCUT2D eigenvalue weighted by Gasteiger charge is -2.10. The maximum atomic E-state index is 12.3. The van der Waals surface area contributed by atoms with Crippen molar-refractivity contribution in [2.75, 3.05) is 5.32 Å². The normalized spacial score (nSPS) is 10.8. The first kappa shape index (κ1) is 17.1. The summed E-state index contributed by atoms with van der Waals surface area (Å²) in [5.41, 5.74) is -0.582. The number of rotatable bonds is 4. The van der Waals surface area contributed by atoms with Crippen LogP contribution in [0.3, 0.4) is 0 Å². The van der Waals surface area contributed by atoms with Crippen molar-refractivity contribution in [3.05, 3.63) is 57.0 Å². The highest BCUT2D eigenvalue weighted by molar-refractivity contribution is 5.93. The van der Waals surface area contributed by atoms with Crippen LogP contribution < -0.4 is 21.7 Å². The first-order valence-electron chi connectivity index (χ1n) is 7.51. The van der Waals surface area contributed by atoms with Crippen LogP contribution >= 0.6 is 0 Å². The minimum atomic E-state index is -1.35. The first-order chi connectivity index (χ1) is 12.3. The van der Waals surface area contributed by atoms with Gasteiger partial charge in [-0.15, -0.1) is 0 Å². The number of aromatic nitrogens is 4. The molecule has 0 saturated heterocycles.